The second-order valence-corrected chi connectivity index (χ2v) is 10.1. The zero-order valence-electron chi connectivity index (χ0n) is 22.0. The number of hydrogen-bond acceptors (Lipinski definition) is 7. The Kier molecular flexibility index (Phi) is 6.47. The van der Waals surface area contributed by atoms with Crippen LogP contribution in [0.2, 0.25) is 0 Å². The minimum Gasteiger partial charge on any atom is -0.496 e. The molecular weight excluding hydrogens is 470 g/mol. The fraction of sp³-hybridized carbons (Fsp3) is 0.407. The summed E-state index contributed by atoms with van der Waals surface area (Å²) >= 11 is 0. The van der Waals surface area contributed by atoms with Crippen molar-refractivity contribution < 1.29 is 14.6 Å². The van der Waals surface area contributed by atoms with E-state index in [2.05, 4.69) is 20.0 Å². The molecule has 37 heavy (non-hydrogen) atoms. The minimum absolute atomic E-state index is 0.0501. The summed E-state index contributed by atoms with van der Waals surface area (Å²) in [6.07, 6.45) is 5.57. The van der Waals surface area contributed by atoms with E-state index < -0.39 is 5.60 Å². The Morgan fingerprint density at radius 2 is 1.89 bits per heavy atom. The van der Waals surface area contributed by atoms with Gasteiger partial charge in [-0.2, -0.15) is 5.10 Å². The van der Waals surface area contributed by atoms with Gasteiger partial charge in [-0.05, 0) is 32.0 Å². The predicted octanol–water partition coefficient (Wildman–Crippen LogP) is 2.56. The zero-order chi connectivity index (χ0) is 26.3. The van der Waals surface area contributed by atoms with Crippen LogP contribution in [0.1, 0.15) is 35.7 Å². The number of rotatable bonds is 6. The van der Waals surface area contributed by atoms with Crippen molar-refractivity contribution in [1.29, 1.82) is 0 Å². The molecule has 0 unspecified atom stereocenters. The Labute approximate surface area is 216 Å². The molecule has 1 amide bonds. The highest BCUT2D eigenvalue weighted by Crippen LogP contribution is 2.35. The van der Waals surface area contributed by atoms with Crippen LogP contribution >= 0.6 is 0 Å². The van der Waals surface area contributed by atoms with E-state index in [9.17, 15) is 9.90 Å². The third-order valence-corrected chi connectivity index (χ3v) is 6.83. The van der Waals surface area contributed by atoms with E-state index in [0.717, 1.165) is 41.8 Å². The molecule has 0 bridgehead atoms. The minimum atomic E-state index is -1.16. The van der Waals surface area contributed by atoms with Crippen LogP contribution in [0, 0.1) is 0 Å². The summed E-state index contributed by atoms with van der Waals surface area (Å²) in [6, 6.07) is 7.65. The normalized spacial score (nSPS) is 14.9. The molecule has 3 aromatic heterocycles. The second-order valence-electron chi connectivity index (χ2n) is 10.1. The smallest absolute Gasteiger partial charge is 0.257 e. The van der Waals surface area contributed by atoms with Crippen molar-refractivity contribution in [1.82, 2.24) is 34.1 Å². The molecule has 0 radical (unpaired) electrons. The lowest BCUT2D eigenvalue weighted by molar-refractivity contribution is 0.0623. The van der Waals surface area contributed by atoms with E-state index in [-0.39, 0.29) is 5.91 Å². The van der Waals surface area contributed by atoms with Crippen molar-refractivity contribution >= 4 is 16.8 Å². The molecule has 1 aromatic carbocycles. The maximum absolute atomic E-state index is 13.7. The Morgan fingerprint density at radius 3 is 2.54 bits per heavy atom. The molecule has 10 nitrogen and oxygen atoms in total. The summed E-state index contributed by atoms with van der Waals surface area (Å²) in [4.78, 5) is 26.7. The van der Waals surface area contributed by atoms with Crippen molar-refractivity contribution in [2.75, 3.05) is 33.3 Å². The first-order valence-electron chi connectivity index (χ1n) is 12.4. The van der Waals surface area contributed by atoms with Crippen LogP contribution in [0.5, 0.6) is 5.75 Å². The van der Waals surface area contributed by atoms with E-state index in [1.165, 1.54) is 0 Å². The Morgan fingerprint density at radius 1 is 1.14 bits per heavy atom. The number of methoxy groups -OCH3 is 1. The molecule has 0 spiro atoms. The predicted molar refractivity (Wildman–Crippen MR) is 140 cm³/mol. The molecule has 4 aromatic rings. The quantitative estimate of drug-likeness (QED) is 0.432. The lowest BCUT2D eigenvalue weighted by atomic mass is 10.0. The highest BCUT2D eigenvalue weighted by Gasteiger charge is 2.27. The van der Waals surface area contributed by atoms with E-state index in [0.29, 0.717) is 35.9 Å². The first kappa shape index (κ1) is 24.9. The maximum Gasteiger partial charge on any atom is 0.257 e. The van der Waals surface area contributed by atoms with Gasteiger partial charge in [0.25, 0.3) is 5.91 Å². The SMILES string of the molecule is COc1cc2c(cc1C(=O)N1CCN(Cc3ccn(C)n3)CC1)c(-c1ccnc(C(C)(C)O)n1)cn2C. The van der Waals surface area contributed by atoms with Crippen LogP contribution in [0.25, 0.3) is 22.2 Å². The van der Waals surface area contributed by atoms with Crippen molar-refractivity contribution in [2.45, 2.75) is 26.0 Å². The van der Waals surface area contributed by atoms with Gasteiger partial charge >= 0.3 is 0 Å². The molecule has 1 saturated heterocycles. The molecule has 1 N–H and O–H groups in total. The summed E-state index contributed by atoms with van der Waals surface area (Å²) in [5.74, 6) is 0.835. The number of aryl methyl sites for hydroxylation is 2. The monoisotopic (exact) mass is 503 g/mol. The molecule has 5 rings (SSSR count). The van der Waals surface area contributed by atoms with Crippen LogP contribution < -0.4 is 4.74 Å². The summed E-state index contributed by atoms with van der Waals surface area (Å²) < 4.78 is 9.46. The van der Waals surface area contributed by atoms with Gasteiger partial charge in [0.05, 0.1) is 29.6 Å². The number of amides is 1. The fourth-order valence-electron chi connectivity index (χ4n) is 4.81. The van der Waals surface area contributed by atoms with Gasteiger partial charge in [0.2, 0.25) is 0 Å². The summed E-state index contributed by atoms with van der Waals surface area (Å²) in [5, 5.41) is 15.8. The second kappa shape index (κ2) is 9.60. The summed E-state index contributed by atoms with van der Waals surface area (Å²) in [7, 11) is 5.46. The number of hydrogen-bond donors (Lipinski definition) is 1. The largest absolute Gasteiger partial charge is 0.496 e. The summed E-state index contributed by atoms with van der Waals surface area (Å²) in [5.41, 5.74) is 2.86. The third-order valence-electron chi connectivity index (χ3n) is 6.83. The van der Waals surface area contributed by atoms with E-state index in [1.54, 1.807) is 27.2 Å². The average Bonchev–Trinajstić information content (AvgIpc) is 3.44. The van der Waals surface area contributed by atoms with Crippen LogP contribution in [-0.4, -0.2) is 78.4 Å². The first-order valence-corrected chi connectivity index (χ1v) is 12.4. The Balaban J connectivity index is 1.43. The van der Waals surface area contributed by atoms with Gasteiger partial charge in [-0.25, -0.2) is 9.97 Å². The van der Waals surface area contributed by atoms with Crippen LogP contribution in [0.15, 0.2) is 42.9 Å². The van der Waals surface area contributed by atoms with Gasteiger partial charge in [-0.3, -0.25) is 14.4 Å². The lowest BCUT2D eigenvalue weighted by Crippen LogP contribution is -2.48. The molecular formula is C27H33N7O3. The topological polar surface area (TPSA) is 102 Å². The van der Waals surface area contributed by atoms with Crippen LogP contribution in [0.4, 0.5) is 0 Å². The van der Waals surface area contributed by atoms with Gasteiger partial charge in [-0.1, -0.05) is 0 Å². The molecule has 194 valence electrons. The number of nitrogens with zero attached hydrogens (tertiary/aromatic N) is 7. The van der Waals surface area contributed by atoms with E-state index in [4.69, 9.17) is 4.74 Å². The standard InChI is InChI=1S/C27H33N7O3/c1-27(2,36)26-28-8-6-22(29-26)21-17-31(3)23-15-24(37-5)20(14-19(21)23)25(35)34-12-10-33(11-13-34)16-18-7-9-32(4)30-18/h6-9,14-15,17,36H,10-13,16H2,1-5H3. The number of piperazine rings is 1. The molecule has 0 atom stereocenters. The third kappa shape index (κ3) is 4.94. The molecule has 10 heteroatoms. The number of aromatic nitrogens is 5. The summed E-state index contributed by atoms with van der Waals surface area (Å²) in [6.45, 7) is 6.93. The number of carbonyl (C=O) groups is 1. The van der Waals surface area contributed by atoms with Crippen LogP contribution in [-0.2, 0) is 26.2 Å². The molecule has 0 aliphatic carbocycles. The van der Waals surface area contributed by atoms with Gasteiger partial charge in [0.1, 0.15) is 11.4 Å². The number of ether oxygens (including phenoxy) is 1. The van der Waals surface area contributed by atoms with Crippen molar-refractivity contribution in [3.8, 4) is 17.0 Å². The Hall–Kier alpha value is -3.76. The zero-order valence-corrected chi connectivity index (χ0v) is 22.0. The van der Waals surface area contributed by atoms with Gasteiger partial charge in [0.15, 0.2) is 5.82 Å². The highest BCUT2D eigenvalue weighted by atomic mass is 16.5. The average molecular weight is 504 g/mol. The number of aliphatic hydroxyl groups is 1. The molecule has 1 fully saturated rings. The maximum atomic E-state index is 13.7. The van der Waals surface area contributed by atoms with Gasteiger partial charge in [0, 0.05) is 82.4 Å². The van der Waals surface area contributed by atoms with Gasteiger partial charge in [-0.15, -0.1) is 0 Å². The first-order chi connectivity index (χ1) is 17.6. The molecule has 1 aliphatic rings. The lowest BCUT2D eigenvalue weighted by Gasteiger charge is -2.34. The molecule has 1 aliphatic heterocycles. The van der Waals surface area contributed by atoms with Gasteiger partial charge < -0.3 is 19.3 Å². The number of benzene rings is 1. The number of fused-ring (bicyclic) bond motifs is 1. The fourth-order valence-corrected chi connectivity index (χ4v) is 4.81. The molecule has 4 heterocycles. The van der Waals surface area contributed by atoms with Crippen molar-refractivity contribution in [3.05, 3.63) is 59.9 Å². The Bertz CT molecular complexity index is 1440. The highest BCUT2D eigenvalue weighted by molar-refractivity contribution is 6.05. The van der Waals surface area contributed by atoms with Crippen LogP contribution in [0.3, 0.4) is 0 Å². The van der Waals surface area contributed by atoms with Crippen molar-refractivity contribution in [2.24, 2.45) is 14.1 Å². The van der Waals surface area contributed by atoms with E-state index in [1.807, 2.05) is 64.9 Å². The number of carbonyl (C=O) groups excluding carboxylic acids is 1. The molecule has 0 saturated carbocycles. The van der Waals surface area contributed by atoms with Crippen molar-refractivity contribution in [3.63, 3.8) is 0 Å². The van der Waals surface area contributed by atoms with E-state index >= 15 is 0 Å².